The quantitative estimate of drug-likeness (QED) is 0.838. The fourth-order valence-electron chi connectivity index (χ4n) is 3.16. The van der Waals surface area contributed by atoms with Crippen LogP contribution in [-0.4, -0.2) is 61.3 Å². The summed E-state index contributed by atoms with van der Waals surface area (Å²) in [6, 6.07) is 7.37. The number of methoxy groups -OCH3 is 1. The molecule has 0 atom stereocenters. The second-order valence-electron chi connectivity index (χ2n) is 7.26. The van der Waals surface area contributed by atoms with Gasteiger partial charge in [0.05, 0.1) is 20.3 Å². The van der Waals surface area contributed by atoms with Crippen molar-refractivity contribution in [2.75, 3.05) is 40.0 Å². The van der Waals surface area contributed by atoms with E-state index in [0.29, 0.717) is 30.5 Å². The van der Waals surface area contributed by atoms with Crippen LogP contribution in [0.15, 0.2) is 28.7 Å². The highest BCUT2D eigenvalue weighted by Gasteiger charge is 2.30. The minimum Gasteiger partial charge on any atom is -0.497 e. The molecule has 0 radical (unpaired) electrons. The molecular formula is C20H27N3O4. The Morgan fingerprint density at radius 3 is 2.74 bits per heavy atom. The number of nitrogens with one attached hydrogen (secondary N) is 1. The SMILES string of the molecule is COc1ccc(-c2nc(C(=O)NCCN3CCOCC3(C)C)c(C)o2)cc1. The molecular weight excluding hydrogens is 346 g/mol. The Morgan fingerprint density at radius 2 is 2.07 bits per heavy atom. The summed E-state index contributed by atoms with van der Waals surface area (Å²) >= 11 is 0. The number of rotatable bonds is 6. The van der Waals surface area contributed by atoms with Gasteiger partial charge in [0.15, 0.2) is 5.69 Å². The van der Waals surface area contributed by atoms with Gasteiger partial charge in [-0.15, -0.1) is 0 Å². The lowest BCUT2D eigenvalue weighted by molar-refractivity contribution is -0.0498. The van der Waals surface area contributed by atoms with E-state index in [9.17, 15) is 4.79 Å². The maximum absolute atomic E-state index is 12.5. The van der Waals surface area contributed by atoms with Gasteiger partial charge in [-0.05, 0) is 45.0 Å². The summed E-state index contributed by atoms with van der Waals surface area (Å²) in [5, 5.41) is 2.94. The summed E-state index contributed by atoms with van der Waals surface area (Å²) in [6.07, 6.45) is 0. The smallest absolute Gasteiger partial charge is 0.273 e. The predicted molar refractivity (Wildman–Crippen MR) is 102 cm³/mol. The lowest BCUT2D eigenvalue weighted by atomic mass is 10.0. The highest BCUT2D eigenvalue weighted by molar-refractivity contribution is 5.93. The number of aromatic nitrogens is 1. The van der Waals surface area contributed by atoms with Crippen molar-refractivity contribution in [2.24, 2.45) is 0 Å². The minimum atomic E-state index is -0.220. The molecule has 0 aliphatic carbocycles. The van der Waals surface area contributed by atoms with Crippen molar-refractivity contribution in [3.63, 3.8) is 0 Å². The van der Waals surface area contributed by atoms with E-state index in [1.54, 1.807) is 14.0 Å². The molecule has 0 bridgehead atoms. The topological polar surface area (TPSA) is 76.8 Å². The number of morpholine rings is 1. The molecule has 1 amide bonds. The van der Waals surface area contributed by atoms with Crippen LogP contribution in [0.2, 0.25) is 0 Å². The van der Waals surface area contributed by atoms with Crippen molar-refractivity contribution in [1.82, 2.24) is 15.2 Å². The average Bonchev–Trinajstić information content (AvgIpc) is 3.05. The molecule has 1 aliphatic rings. The van der Waals surface area contributed by atoms with Crippen LogP contribution in [0, 0.1) is 6.92 Å². The number of carbonyl (C=O) groups excluding carboxylic acids is 1. The van der Waals surface area contributed by atoms with E-state index >= 15 is 0 Å². The molecule has 1 N–H and O–H groups in total. The van der Waals surface area contributed by atoms with E-state index in [1.165, 1.54) is 0 Å². The van der Waals surface area contributed by atoms with Crippen molar-refractivity contribution in [1.29, 1.82) is 0 Å². The molecule has 7 heteroatoms. The number of benzene rings is 1. The molecule has 0 spiro atoms. The van der Waals surface area contributed by atoms with Gasteiger partial charge in [0.25, 0.3) is 5.91 Å². The van der Waals surface area contributed by atoms with Gasteiger partial charge in [-0.25, -0.2) is 4.98 Å². The fourth-order valence-corrected chi connectivity index (χ4v) is 3.16. The van der Waals surface area contributed by atoms with E-state index in [2.05, 4.69) is 29.0 Å². The molecule has 3 rings (SSSR count). The number of oxazole rings is 1. The molecule has 1 saturated heterocycles. The van der Waals surface area contributed by atoms with Gasteiger partial charge in [0.1, 0.15) is 11.5 Å². The molecule has 146 valence electrons. The Labute approximate surface area is 159 Å². The monoisotopic (exact) mass is 373 g/mol. The number of ether oxygens (including phenoxy) is 2. The van der Waals surface area contributed by atoms with Crippen molar-refractivity contribution in [2.45, 2.75) is 26.3 Å². The van der Waals surface area contributed by atoms with Gasteiger partial charge >= 0.3 is 0 Å². The Morgan fingerprint density at radius 1 is 1.33 bits per heavy atom. The standard InChI is InChI=1S/C20H27N3O4/c1-14-17(22-19(27-14)15-5-7-16(25-4)8-6-15)18(24)21-9-10-23-11-12-26-13-20(23,2)3/h5-8H,9-13H2,1-4H3,(H,21,24). The van der Waals surface area contributed by atoms with Gasteiger partial charge in [-0.3, -0.25) is 9.69 Å². The highest BCUT2D eigenvalue weighted by atomic mass is 16.5. The van der Waals surface area contributed by atoms with Gasteiger partial charge < -0.3 is 19.2 Å². The first-order valence-corrected chi connectivity index (χ1v) is 9.13. The van der Waals surface area contributed by atoms with Crippen LogP contribution in [0.4, 0.5) is 0 Å². The van der Waals surface area contributed by atoms with Crippen LogP contribution in [0.3, 0.4) is 0 Å². The van der Waals surface area contributed by atoms with Gasteiger partial charge in [-0.2, -0.15) is 0 Å². The van der Waals surface area contributed by atoms with E-state index in [4.69, 9.17) is 13.9 Å². The first-order valence-electron chi connectivity index (χ1n) is 9.13. The van der Waals surface area contributed by atoms with Crippen LogP contribution < -0.4 is 10.1 Å². The summed E-state index contributed by atoms with van der Waals surface area (Å²) < 4.78 is 16.4. The molecule has 1 aromatic heterocycles. The zero-order valence-corrected chi connectivity index (χ0v) is 16.4. The molecule has 1 fully saturated rings. The maximum Gasteiger partial charge on any atom is 0.273 e. The first kappa shape index (κ1) is 19.4. The maximum atomic E-state index is 12.5. The molecule has 2 heterocycles. The molecule has 0 saturated carbocycles. The largest absolute Gasteiger partial charge is 0.497 e. The van der Waals surface area contributed by atoms with Crippen LogP contribution in [0.1, 0.15) is 30.1 Å². The molecule has 7 nitrogen and oxygen atoms in total. The summed E-state index contributed by atoms with van der Waals surface area (Å²) in [5.74, 6) is 1.47. The third-order valence-corrected chi connectivity index (χ3v) is 4.83. The zero-order chi connectivity index (χ0) is 19.4. The average molecular weight is 373 g/mol. The summed E-state index contributed by atoms with van der Waals surface area (Å²) in [5.41, 5.74) is 1.10. The summed E-state index contributed by atoms with van der Waals surface area (Å²) in [7, 11) is 1.62. The van der Waals surface area contributed by atoms with E-state index < -0.39 is 0 Å². The third kappa shape index (κ3) is 4.48. The third-order valence-electron chi connectivity index (χ3n) is 4.83. The van der Waals surface area contributed by atoms with Crippen LogP contribution >= 0.6 is 0 Å². The fraction of sp³-hybridized carbons (Fsp3) is 0.500. The summed E-state index contributed by atoms with van der Waals surface area (Å²) in [4.78, 5) is 19.2. The lowest BCUT2D eigenvalue weighted by Crippen LogP contribution is -2.54. The van der Waals surface area contributed by atoms with Gasteiger partial charge in [0, 0.05) is 30.7 Å². The molecule has 1 aromatic carbocycles. The van der Waals surface area contributed by atoms with E-state index in [-0.39, 0.29) is 11.4 Å². The van der Waals surface area contributed by atoms with Crippen LogP contribution in [0.25, 0.3) is 11.5 Å². The highest BCUT2D eigenvalue weighted by Crippen LogP contribution is 2.24. The second-order valence-corrected chi connectivity index (χ2v) is 7.26. The van der Waals surface area contributed by atoms with Crippen molar-refractivity contribution < 1.29 is 18.7 Å². The predicted octanol–water partition coefficient (Wildman–Crippen LogP) is 2.50. The molecule has 1 aliphatic heterocycles. The number of hydrogen-bond acceptors (Lipinski definition) is 6. The molecule has 27 heavy (non-hydrogen) atoms. The summed E-state index contributed by atoms with van der Waals surface area (Å²) in [6.45, 7) is 9.66. The number of aryl methyl sites for hydroxylation is 1. The van der Waals surface area contributed by atoms with Crippen LogP contribution in [0.5, 0.6) is 5.75 Å². The Balaban J connectivity index is 1.60. The van der Waals surface area contributed by atoms with Gasteiger partial charge in [-0.1, -0.05) is 0 Å². The second kappa shape index (κ2) is 8.10. The minimum absolute atomic E-state index is 0.0195. The Hall–Kier alpha value is -2.38. The number of amides is 1. The Bertz CT molecular complexity index is 783. The van der Waals surface area contributed by atoms with Crippen molar-refractivity contribution in [3.8, 4) is 17.2 Å². The number of nitrogens with zero attached hydrogens (tertiary/aromatic N) is 2. The first-order chi connectivity index (χ1) is 12.9. The molecule has 2 aromatic rings. The van der Waals surface area contributed by atoms with E-state index in [0.717, 1.165) is 31.0 Å². The van der Waals surface area contributed by atoms with Crippen molar-refractivity contribution in [3.05, 3.63) is 35.7 Å². The zero-order valence-electron chi connectivity index (χ0n) is 16.4. The number of hydrogen-bond donors (Lipinski definition) is 1. The van der Waals surface area contributed by atoms with Crippen molar-refractivity contribution >= 4 is 5.91 Å². The number of carbonyl (C=O) groups is 1. The Kier molecular flexibility index (Phi) is 5.82. The normalized spacial score (nSPS) is 16.9. The van der Waals surface area contributed by atoms with E-state index in [1.807, 2.05) is 24.3 Å². The molecule has 0 unspecified atom stereocenters. The lowest BCUT2D eigenvalue weighted by Gasteiger charge is -2.42. The van der Waals surface area contributed by atoms with Crippen LogP contribution in [-0.2, 0) is 4.74 Å². The van der Waals surface area contributed by atoms with Gasteiger partial charge in [0.2, 0.25) is 5.89 Å².